The highest BCUT2D eigenvalue weighted by atomic mass is 35.5. The van der Waals surface area contributed by atoms with Gasteiger partial charge in [0.25, 0.3) is 0 Å². The molecule has 0 aromatic carbocycles. The van der Waals surface area contributed by atoms with Gasteiger partial charge in [-0.15, -0.1) is 0 Å². The molecular formula is C17H30ClN3. The Morgan fingerprint density at radius 2 is 2.10 bits per heavy atom. The molecule has 0 bridgehead atoms. The average Bonchev–Trinajstić information content (AvgIpc) is 2.72. The van der Waals surface area contributed by atoms with E-state index in [1.807, 2.05) is 18.7 Å². The molecule has 2 rings (SSSR count). The summed E-state index contributed by atoms with van der Waals surface area (Å²) in [5.74, 6) is 1.56. The summed E-state index contributed by atoms with van der Waals surface area (Å²) in [5.41, 5.74) is 2.16. The van der Waals surface area contributed by atoms with Gasteiger partial charge in [0.1, 0.15) is 0 Å². The van der Waals surface area contributed by atoms with Gasteiger partial charge in [0.2, 0.25) is 0 Å². The van der Waals surface area contributed by atoms with E-state index >= 15 is 0 Å². The molecule has 3 atom stereocenters. The number of halogens is 1. The van der Waals surface area contributed by atoms with Gasteiger partial charge in [0, 0.05) is 13.1 Å². The summed E-state index contributed by atoms with van der Waals surface area (Å²) in [4.78, 5) is 0. The van der Waals surface area contributed by atoms with Crippen molar-refractivity contribution < 1.29 is 0 Å². The maximum atomic E-state index is 6.45. The van der Waals surface area contributed by atoms with Crippen molar-refractivity contribution in [3.8, 4) is 0 Å². The lowest BCUT2D eigenvalue weighted by Gasteiger charge is -2.36. The van der Waals surface area contributed by atoms with Crippen LogP contribution >= 0.6 is 11.6 Å². The third kappa shape index (κ3) is 4.01. The third-order valence-electron chi connectivity index (χ3n) is 5.04. The van der Waals surface area contributed by atoms with Crippen molar-refractivity contribution in [3.05, 3.63) is 16.4 Å². The van der Waals surface area contributed by atoms with Crippen LogP contribution in [0.3, 0.4) is 0 Å². The van der Waals surface area contributed by atoms with Gasteiger partial charge in [-0.05, 0) is 57.4 Å². The number of aromatic nitrogens is 2. The first kappa shape index (κ1) is 16.8. The summed E-state index contributed by atoms with van der Waals surface area (Å²) in [5, 5.41) is 9.09. The van der Waals surface area contributed by atoms with E-state index in [9.17, 15) is 0 Å². The van der Waals surface area contributed by atoms with Crippen molar-refractivity contribution >= 4 is 11.6 Å². The fourth-order valence-corrected chi connectivity index (χ4v) is 3.94. The second-order valence-corrected chi connectivity index (χ2v) is 6.96. The molecule has 1 aromatic heterocycles. The highest BCUT2D eigenvalue weighted by Crippen LogP contribution is 2.35. The van der Waals surface area contributed by atoms with Crippen molar-refractivity contribution in [2.45, 2.75) is 65.3 Å². The Labute approximate surface area is 134 Å². The van der Waals surface area contributed by atoms with E-state index in [2.05, 4.69) is 24.3 Å². The quantitative estimate of drug-likeness (QED) is 0.856. The standard InChI is InChI=1S/C17H30ClN3/c1-5-9-19-15-8-7-13(6-2)10-14(15)11-16-17(18)12(3)20-21(16)4/h13-15,19H,5-11H2,1-4H3. The maximum Gasteiger partial charge on any atom is 0.0847 e. The van der Waals surface area contributed by atoms with Crippen LogP contribution in [0.15, 0.2) is 0 Å². The Kier molecular flexibility index (Phi) is 6.12. The lowest BCUT2D eigenvalue weighted by molar-refractivity contribution is 0.196. The van der Waals surface area contributed by atoms with Crippen molar-refractivity contribution in [1.82, 2.24) is 15.1 Å². The van der Waals surface area contributed by atoms with Crippen LogP contribution in [0.25, 0.3) is 0 Å². The van der Waals surface area contributed by atoms with Crippen LogP contribution < -0.4 is 5.32 Å². The lowest BCUT2D eigenvalue weighted by Crippen LogP contribution is -2.42. The minimum atomic E-state index is 0.638. The number of nitrogens with one attached hydrogen (secondary N) is 1. The SMILES string of the molecule is CCCNC1CCC(CC)CC1Cc1c(Cl)c(C)nn1C. The molecule has 1 heterocycles. The molecule has 1 aliphatic carbocycles. The number of aryl methyl sites for hydroxylation is 2. The molecule has 1 aromatic rings. The second-order valence-electron chi connectivity index (χ2n) is 6.58. The Morgan fingerprint density at radius 3 is 2.67 bits per heavy atom. The first-order valence-electron chi connectivity index (χ1n) is 8.48. The van der Waals surface area contributed by atoms with E-state index in [0.29, 0.717) is 12.0 Å². The molecule has 0 amide bonds. The normalized spacial score (nSPS) is 26.2. The van der Waals surface area contributed by atoms with E-state index in [-0.39, 0.29) is 0 Å². The monoisotopic (exact) mass is 311 g/mol. The van der Waals surface area contributed by atoms with Gasteiger partial charge in [0.15, 0.2) is 0 Å². The van der Waals surface area contributed by atoms with Gasteiger partial charge in [0.05, 0.1) is 16.4 Å². The molecule has 1 saturated carbocycles. The van der Waals surface area contributed by atoms with Gasteiger partial charge in [-0.3, -0.25) is 4.68 Å². The smallest absolute Gasteiger partial charge is 0.0847 e. The predicted octanol–water partition coefficient (Wildman–Crippen LogP) is 4.12. The minimum Gasteiger partial charge on any atom is -0.314 e. The predicted molar refractivity (Wildman–Crippen MR) is 89.9 cm³/mol. The first-order valence-corrected chi connectivity index (χ1v) is 8.85. The van der Waals surface area contributed by atoms with Crippen molar-refractivity contribution in [2.75, 3.05) is 6.54 Å². The van der Waals surface area contributed by atoms with Gasteiger partial charge >= 0.3 is 0 Å². The van der Waals surface area contributed by atoms with Crippen LogP contribution in [0.2, 0.25) is 5.02 Å². The third-order valence-corrected chi connectivity index (χ3v) is 5.53. The largest absolute Gasteiger partial charge is 0.314 e. The fourth-order valence-electron chi connectivity index (χ4n) is 3.71. The summed E-state index contributed by atoms with van der Waals surface area (Å²) in [6.45, 7) is 7.67. The molecule has 3 unspecified atom stereocenters. The van der Waals surface area contributed by atoms with Crippen LogP contribution in [0.1, 0.15) is 57.3 Å². The molecule has 4 heteroatoms. The second kappa shape index (κ2) is 7.64. The van der Waals surface area contributed by atoms with E-state index in [1.54, 1.807) is 0 Å². The average molecular weight is 312 g/mol. The Hall–Kier alpha value is -0.540. The molecule has 0 radical (unpaired) electrons. The summed E-state index contributed by atoms with van der Waals surface area (Å²) in [6, 6.07) is 0.638. The summed E-state index contributed by atoms with van der Waals surface area (Å²) in [7, 11) is 2.02. The first-order chi connectivity index (χ1) is 10.1. The van der Waals surface area contributed by atoms with Gasteiger partial charge in [-0.25, -0.2) is 0 Å². The zero-order valence-electron chi connectivity index (χ0n) is 14.0. The highest BCUT2D eigenvalue weighted by molar-refractivity contribution is 6.31. The fraction of sp³-hybridized carbons (Fsp3) is 0.824. The molecule has 0 spiro atoms. The van der Waals surface area contributed by atoms with Gasteiger partial charge in [-0.1, -0.05) is 31.9 Å². The van der Waals surface area contributed by atoms with Gasteiger partial charge in [-0.2, -0.15) is 5.10 Å². The van der Waals surface area contributed by atoms with E-state index in [0.717, 1.165) is 29.6 Å². The van der Waals surface area contributed by atoms with Crippen LogP contribution in [-0.2, 0) is 13.5 Å². The number of hydrogen-bond acceptors (Lipinski definition) is 2. The maximum absolute atomic E-state index is 6.45. The molecule has 0 saturated heterocycles. The molecule has 1 fully saturated rings. The van der Waals surface area contributed by atoms with Gasteiger partial charge < -0.3 is 5.32 Å². The van der Waals surface area contributed by atoms with Crippen LogP contribution in [-0.4, -0.2) is 22.4 Å². The van der Waals surface area contributed by atoms with Crippen LogP contribution in [0.4, 0.5) is 0 Å². The van der Waals surface area contributed by atoms with Crippen LogP contribution in [0.5, 0.6) is 0 Å². The van der Waals surface area contributed by atoms with E-state index in [4.69, 9.17) is 11.6 Å². The molecule has 21 heavy (non-hydrogen) atoms. The molecule has 1 aliphatic rings. The van der Waals surface area contributed by atoms with Crippen LogP contribution in [0, 0.1) is 18.8 Å². The molecule has 3 nitrogen and oxygen atoms in total. The molecule has 0 aliphatic heterocycles. The topological polar surface area (TPSA) is 29.9 Å². The molecule has 1 N–H and O–H groups in total. The molecular weight excluding hydrogens is 282 g/mol. The van der Waals surface area contributed by atoms with Crippen molar-refractivity contribution in [2.24, 2.45) is 18.9 Å². The highest BCUT2D eigenvalue weighted by Gasteiger charge is 2.31. The van der Waals surface area contributed by atoms with E-state index in [1.165, 1.54) is 37.8 Å². The summed E-state index contributed by atoms with van der Waals surface area (Å²) < 4.78 is 1.98. The number of hydrogen-bond donors (Lipinski definition) is 1. The summed E-state index contributed by atoms with van der Waals surface area (Å²) in [6.07, 6.45) is 7.54. The Morgan fingerprint density at radius 1 is 1.33 bits per heavy atom. The number of rotatable bonds is 6. The number of nitrogens with zero attached hydrogens (tertiary/aromatic N) is 2. The van der Waals surface area contributed by atoms with Crippen molar-refractivity contribution in [3.63, 3.8) is 0 Å². The lowest BCUT2D eigenvalue weighted by atomic mass is 9.75. The summed E-state index contributed by atoms with van der Waals surface area (Å²) >= 11 is 6.45. The Balaban J connectivity index is 2.11. The minimum absolute atomic E-state index is 0.638. The van der Waals surface area contributed by atoms with Crippen molar-refractivity contribution in [1.29, 1.82) is 0 Å². The Bertz CT molecular complexity index is 455. The zero-order chi connectivity index (χ0) is 15.4. The zero-order valence-corrected chi connectivity index (χ0v) is 14.7. The molecule has 120 valence electrons. The van der Waals surface area contributed by atoms with E-state index < -0.39 is 0 Å².